The van der Waals surface area contributed by atoms with Crippen LogP contribution in [0.25, 0.3) is 0 Å². The van der Waals surface area contributed by atoms with E-state index < -0.39 is 22.0 Å². The molecule has 1 amide bonds. The lowest BCUT2D eigenvalue weighted by molar-refractivity contribution is -0.122. The molecule has 0 aliphatic heterocycles. The van der Waals surface area contributed by atoms with Gasteiger partial charge in [-0.25, -0.2) is 8.42 Å². The monoisotopic (exact) mass is 438 g/mol. The lowest BCUT2D eigenvalue weighted by Gasteiger charge is -2.32. The van der Waals surface area contributed by atoms with Crippen molar-refractivity contribution < 1.29 is 17.9 Å². The Morgan fingerprint density at radius 1 is 1.21 bits per heavy atom. The first-order valence-corrected chi connectivity index (χ1v) is 11.5. The second kappa shape index (κ2) is 9.50. The van der Waals surface area contributed by atoms with Crippen LogP contribution >= 0.6 is 11.6 Å². The van der Waals surface area contributed by atoms with Gasteiger partial charge in [-0.2, -0.15) is 0 Å². The first-order chi connectivity index (χ1) is 13.6. The Morgan fingerprint density at radius 2 is 1.83 bits per heavy atom. The Bertz CT molecular complexity index is 961. The Hall–Kier alpha value is -2.25. The highest BCUT2D eigenvalue weighted by atomic mass is 35.5. The normalized spacial score (nSPS) is 13.4. The summed E-state index contributed by atoms with van der Waals surface area (Å²) >= 11 is 6.09. The third kappa shape index (κ3) is 5.64. The highest BCUT2D eigenvalue weighted by Gasteiger charge is 2.34. The number of ether oxygens (including phenoxy) is 1. The maximum absolute atomic E-state index is 13.1. The maximum atomic E-state index is 13.1. The number of nitrogens with one attached hydrogen (secondary N) is 1. The molecule has 8 heteroatoms. The van der Waals surface area contributed by atoms with Crippen molar-refractivity contribution in [3.63, 3.8) is 0 Å². The lowest BCUT2D eigenvalue weighted by atomic mass is 10.1. The number of benzene rings is 2. The Kier molecular flexibility index (Phi) is 7.54. The van der Waals surface area contributed by atoms with Crippen LogP contribution in [0.2, 0.25) is 5.02 Å². The summed E-state index contributed by atoms with van der Waals surface area (Å²) in [6.45, 7) is 5.61. The summed E-state index contributed by atoms with van der Waals surface area (Å²) in [6.07, 6.45) is 1.34. The molecule has 29 heavy (non-hydrogen) atoms. The molecule has 6 nitrogen and oxygen atoms in total. The summed E-state index contributed by atoms with van der Waals surface area (Å²) in [5.74, 6) is -0.0781. The van der Waals surface area contributed by atoms with Gasteiger partial charge in [0.15, 0.2) is 0 Å². The van der Waals surface area contributed by atoms with Gasteiger partial charge >= 0.3 is 0 Å². The molecule has 0 unspecified atom stereocenters. The van der Waals surface area contributed by atoms with Crippen LogP contribution in [0.5, 0.6) is 5.75 Å². The van der Waals surface area contributed by atoms with E-state index in [-0.39, 0.29) is 18.2 Å². The van der Waals surface area contributed by atoms with Crippen molar-refractivity contribution in [1.29, 1.82) is 0 Å². The standard InChI is InChI=1S/C21H27ClN2O4S/c1-6-18(21(25)23-15(3)16-9-7-14(2)8-10-16)24(29(5,26)27)19-13-17(22)11-12-20(19)28-4/h7-13,15,18H,6H2,1-5H3,(H,23,25)/t15-,18-/m0/s1. The molecule has 0 saturated heterocycles. The Morgan fingerprint density at radius 3 is 2.34 bits per heavy atom. The van der Waals surface area contributed by atoms with Crippen molar-refractivity contribution in [3.05, 3.63) is 58.6 Å². The van der Waals surface area contributed by atoms with Crippen molar-refractivity contribution in [2.24, 2.45) is 0 Å². The number of hydrogen-bond acceptors (Lipinski definition) is 4. The topological polar surface area (TPSA) is 75.7 Å². The van der Waals surface area contributed by atoms with Gasteiger partial charge < -0.3 is 10.1 Å². The number of halogens is 1. The molecule has 0 aliphatic carbocycles. The van der Waals surface area contributed by atoms with Gasteiger partial charge in [-0.05, 0) is 44.0 Å². The number of amides is 1. The molecule has 0 radical (unpaired) electrons. The van der Waals surface area contributed by atoms with Crippen LogP contribution in [0, 0.1) is 6.92 Å². The van der Waals surface area contributed by atoms with E-state index in [1.165, 1.54) is 13.2 Å². The van der Waals surface area contributed by atoms with Crippen molar-refractivity contribution in [2.45, 2.75) is 39.3 Å². The van der Waals surface area contributed by atoms with E-state index in [0.29, 0.717) is 10.8 Å². The number of sulfonamides is 1. The number of hydrogen-bond donors (Lipinski definition) is 1. The first kappa shape index (κ1) is 23.0. The second-order valence-corrected chi connectivity index (χ2v) is 9.24. The minimum Gasteiger partial charge on any atom is -0.495 e. The highest BCUT2D eigenvalue weighted by molar-refractivity contribution is 7.92. The molecule has 2 rings (SSSR count). The fraction of sp³-hybridized carbons (Fsp3) is 0.381. The molecule has 2 aromatic carbocycles. The van der Waals surface area contributed by atoms with Gasteiger partial charge in [-0.1, -0.05) is 48.4 Å². The van der Waals surface area contributed by atoms with Gasteiger partial charge in [-0.3, -0.25) is 9.10 Å². The number of carbonyl (C=O) groups is 1. The van der Waals surface area contributed by atoms with Crippen LogP contribution in [-0.2, 0) is 14.8 Å². The molecule has 0 heterocycles. The number of carbonyl (C=O) groups excluding carboxylic acids is 1. The minimum absolute atomic E-state index is 0.229. The summed E-state index contributed by atoms with van der Waals surface area (Å²) in [4.78, 5) is 13.1. The lowest BCUT2D eigenvalue weighted by Crippen LogP contribution is -2.49. The average Bonchev–Trinajstić information content (AvgIpc) is 2.65. The van der Waals surface area contributed by atoms with E-state index in [0.717, 1.165) is 21.7 Å². The largest absolute Gasteiger partial charge is 0.495 e. The molecule has 0 aliphatic rings. The minimum atomic E-state index is -3.80. The molecule has 0 saturated carbocycles. The maximum Gasteiger partial charge on any atom is 0.244 e. The zero-order valence-electron chi connectivity index (χ0n) is 17.3. The zero-order valence-corrected chi connectivity index (χ0v) is 18.8. The number of nitrogens with zero attached hydrogens (tertiary/aromatic N) is 1. The quantitative estimate of drug-likeness (QED) is 0.673. The smallest absolute Gasteiger partial charge is 0.244 e. The zero-order chi connectivity index (χ0) is 21.8. The molecule has 1 N–H and O–H groups in total. The predicted octanol–water partition coefficient (Wildman–Crippen LogP) is 4.08. The molecule has 0 fully saturated rings. The molecule has 2 atom stereocenters. The number of anilines is 1. The van der Waals surface area contributed by atoms with Crippen LogP contribution in [0.3, 0.4) is 0 Å². The molecular formula is C21H27ClN2O4S. The van der Waals surface area contributed by atoms with E-state index in [9.17, 15) is 13.2 Å². The number of methoxy groups -OCH3 is 1. The highest BCUT2D eigenvalue weighted by Crippen LogP contribution is 2.35. The fourth-order valence-corrected chi connectivity index (χ4v) is 4.49. The van der Waals surface area contributed by atoms with Gasteiger partial charge in [0, 0.05) is 5.02 Å². The second-order valence-electron chi connectivity index (χ2n) is 6.94. The molecule has 158 valence electrons. The van der Waals surface area contributed by atoms with E-state index in [4.69, 9.17) is 16.3 Å². The number of aryl methyl sites for hydroxylation is 1. The van der Waals surface area contributed by atoms with Gasteiger partial charge in [0.2, 0.25) is 15.9 Å². The Balaban J connectivity index is 2.40. The van der Waals surface area contributed by atoms with Gasteiger partial charge in [-0.15, -0.1) is 0 Å². The fourth-order valence-electron chi connectivity index (χ4n) is 3.12. The van der Waals surface area contributed by atoms with E-state index in [1.54, 1.807) is 19.1 Å². The summed E-state index contributed by atoms with van der Waals surface area (Å²) in [5.41, 5.74) is 2.28. The van der Waals surface area contributed by atoms with E-state index in [1.807, 2.05) is 38.1 Å². The predicted molar refractivity (Wildman–Crippen MR) is 117 cm³/mol. The third-order valence-corrected chi connectivity index (χ3v) is 6.05. The number of rotatable bonds is 8. The van der Waals surface area contributed by atoms with Gasteiger partial charge in [0.1, 0.15) is 11.8 Å². The summed E-state index contributed by atoms with van der Waals surface area (Å²) in [5, 5.41) is 3.27. The van der Waals surface area contributed by atoms with Crippen molar-refractivity contribution >= 4 is 33.2 Å². The molecule has 0 spiro atoms. The first-order valence-electron chi connectivity index (χ1n) is 9.28. The SMILES string of the molecule is CC[C@@H](C(=O)N[C@@H](C)c1ccc(C)cc1)N(c1cc(Cl)ccc1OC)S(C)(=O)=O. The summed E-state index contributed by atoms with van der Waals surface area (Å²) in [7, 11) is -2.36. The van der Waals surface area contributed by atoms with Crippen LogP contribution in [0.4, 0.5) is 5.69 Å². The van der Waals surface area contributed by atoms with Crippen LogP contribution in [-0.4, -0.2) is 33.7 Å². The van der Waals surface area contributed by atoms with Crippen LogP contribution < -0.4 is 14.4 Å². The summed E-state index contributed by atoms with van der Waals surface area (Å²) < 4.78 is 31.7. The van der Waals surface area contributed by atoms with Crippen molar-refractivity contribution in [2.75, 3.05) is 17.7 Å². The van der Waals surface area contributed by atoms with Gasteiger partial charge in [0.25, 0.3) is 0 Å². The molecule has 0 bridgehead atoms. The summed E-state index contributed by atoms with van der Waals surface area (Å²) in [6, 6.07) is 11.3. The van der Waals surface area contributed by atoms with Crippen molar-refractivity contribution in [1.82, 2.24) is 5.32 Å². The molecule has 0 aromatic heterocycles. The average molecular weight is 439 g/mol. The molecular weight excluding hydrogens is 412 g/mol. The van der Waals surface area contributed by atoms with Crippen molar-refractivity contribution in [3.8, 4) is 5.75 Å². The van der Waals surface area contributed by atoms with E-state index in [2.05, 4.69) is 5.32 Å². The van der Waals surface area contributed by atoms with Gasteiger partial charge in [0.05, 0.1) is 25.1 Å². The van der Waals surface area contributed by atoms with E-state index >= 15 is 0 Å². The molecule has 2 aromatic rings. The van der Waals surface area contributed by atoms with Crippen LogP contribution in [0.15, 0.2) is 42.5 Å². The van der Waals surface area contributed by atoms with Crippen LogP contribution in [0.1, 0.15) is 37.4 Å². The third-order valence-electron chi connectivity index (χ3n) is 4.64. The Labute approximate surface area is 177 Å².